The van der Waals surface area contributed by atoms with Crippen LogP contribution in [0.1, 0.15) is 36.8 Å². The van der Waals surface area contributed by atoms with Gasteiger partial charge in [-0.05, 0) is 49.7 Å². The molecule has 132 valence electrons. The zero-order chi connectivity index (χ0) is 17.6. The van der Waals surface area contributed by atoms with Crippen LogP contribution in [0, 0.1) is 6.92 Å². The van der Waals surface area contributed by atoms with Crippen molar-refractivity contribution in [2.24, 2.45) is 0 Å². The first-order valence-electron chi connectivity index (χ1n) is 8.94. The van der Waals surface area contributed by atoms with Gasteiger partial charge >= 0.3 is 0 Å². The lowest BCUT2D eigenvalue weighted by Crippen LogP contribution is -2.41. The quantitative estimate of drug-likeness (QED) is 0.751. The molecule has 0 unspecified atom stereocenters. The first-order chi connectivity index (χ1) is 12.2. The van der Waals surface area contributed by atoms with Crippen molar-refractivity contribution in [3.8, 4) is 5.75 Å². The van der Waals surface area contributed by atoms with Crippen LogP contribution in [0.5, 0.6) is 5.75 Å². The maximum Gasteiger partial charge on any atom is 0.173 e. The van der Waals surface area contributed by atoms with E-state index in [1.807, 2.05) is 24.3 Å². The molecular formula is C21H26N2OS. The smallest absolute Gasteiger partial charge is 0.173 e. The number of methoxy groups -OCH3 is 1. The molecule has 1 aliphatic rings. The van der Waals surface area contributed by atoms with Gasteiger partial charge in [0.25, 0.3) is 0 Å². The highest BCUT2D eigenvalue weighted by Crippen LogP contribution is 2.28. The summed E-state index contributed by atoms with van der Waals surface area (Å²) in [4.78, 5) is 2.34. The van der Waals surface area contributed by atoms with Crippen LogP contribution >= 0.6 is 12.2 Å². The third kappa shape index (κ3) is 4.31. The Balaban J connectivity index is 1.82. The Morgan fingerprint density at radius 3 is 2.52 bits per heavy atom. The molecule has 4 heteroatoms. The lowest BCUT2D eigenvalue weighted by Gasteiger charge is -2.32. The number of hydrogen-bond donors (Lipinski definition) is 1. The number of anilines is 1. The fourth-order valence-electron chi connectivity index (χ4n) is 3.50. The van der Waals surface area contributed by atoms with E-state index in [0.717, 1.165) is 23.1 Å². The van der Waals surface area contributed by atoms with Gasteiger partial charge in [-0.1, -0.05) is 49.2 Å². The zero-order valence-electron chi connectivity index (χ0n) is 15.0. The predicted octanol–water partition coefficient (Wildman–Crippen LogP) is 5.15. The van der Waals surface area contributed by atoms with E-state index in [4.69, 9.17) is 17.0 Å². The van der Waals surface area contributed by atoms with Crippen molar-refractivity contribution in [1.29, 1.82) is 0 Å². The molecule has 25 heavy (non-hydrogen) atoms. The number of hydrogen-bond acceptors (Lipinski definition) is 2. The van der Waals surface area contributed by atoms with Gasteiger partial charge in [0.1, 0.15) is 5.75 Å². The molecule has 1 saturated carbocycles. The second kappa shape index (κ2) is 8.34. The van der Waals surface area contributed by atoms with Gasteiger partial charge in [-0.2, -0.15) is 0 Å². The number of thiocarbonyl (C=S) groups is 1. The monoisotopic (exact) mass is 354 g/mol. The number of ether oxygens (including phenoxy) is 1. The molecule has 0 aromatic heterocycles. The van der Waals surface area contributed by atoms with Crippen molar-refractivity contribution in [2.75, 3.05) is 12.4 Å². The summed E-state index contributed by atoms with van der Waals surface area (Å²) in [5, 5.41) is 4.26. The van der Waals surface area contributed by atoms with E-state index in [-0.39, 0.29) is 0 Å². The molecule has 0 aliphatic heterocycles. The third-order valence-electron chi connectivity index (χ3n) is 4.95. The molecule has 0 bridgehead atoms. The van der Waals surface area contributed by atoms with Gasteiger partial charge in [0, 0.05) is 23.8 Å². The third-order valence-corrected chi connectivity index (χ3v) is 5.28. The van der Waals surface area contributed by atoms with Gasteiger partial charge in [0.05, 0.1) is 7.11 Å². The van der Waals surface area contributed by atoms with Crippen LogP contribution in [-0.4, -0.2) is 23.2 Å². The fourth-order valence-corrected chi connectivity index (χ4v) is 3.82. The van der Waals surface area contributed by atoms with E-state index in [1.165, 1.54) is 36.8 Å². The van der Waals surface area contributed by atoms with E-state index < -0.39 is 0 Å². The van der Waals surface area contributed by atoms with Crippen LogP contribution in [0.15, 0.2) is 48.5 Å². The fraction of sp³-hybridized carbons (Fsp3) is 0.381. The molecular weight excluding hydrogens is 328 g/mol. The number of benzene rings is 2. The largest absolute Gasteiger partial charge is 0.496 e. The van der Waals surface area contributed by atoms with Crippen molar-refractivity contribution in [3.05, 3.63) is 59.7 Å². The minimum atomic E-state index is 0.494. The highest BCUT2D eigenvalue weighted by Gasteiger charge is 2.25. The molecule has 0 saturated heterocycles. The van der Waals surface area contributed by atoms with E-state index in [0.29, 0.717) is 6.04 Å². The topological polar surface area (TPSA) is 24.5 Å². The summed E-state index contributed by atoms with van der Waals surface area (Å²) in [5.74, 6) is 0.921. The highest BCUT2D eigenvalue weighted by atomic mass is 32.1. The van der Waals surface area contributed by atoms with Crippen molar-refractivity contribution < 1.29 is 4.74 Å². The van der Waals surface area contributed by atoms with Crippen molar-refractivity contribution in [1.82, 2.24) is 4.90 Å². The first-order valence-corrected chi connectivity index (χ1v) is 9.35. The van der Waals surface area contributed by atoms with Crippen molar-refractivity contribution in [2.45, 2.75) is 45.2 Å². The zero-order valence-corrected chi connectivity index (χ0v) is 15.8. The molecule has 1 fully saturated rings. The summed E-state index contributed by atoms with van der Waals surface area (Å²) in [7, 11) is 1.72. The van der Waals surface area contributed by atoms with Crippen LogP contribution in [0.4, 0.5) is 5.69 Å². The van der Waals surface area contributed by atoms with Crippen LogP contribution in [-0.2, 0) is 6.54 Å². The maximum absolute atomic E-state index is 5.81. The molecule has 1 N–H and O–H groups in total. The summed E-state index contributed by atoms with van der Waals surface area (Å²) < 4.78 is 5.54. The van der Waals surface area contributed by atoms with Crippen molar-refractivity contribution in [3.63, 3.8) is 0 Å². The summed E-state index contributed by atoms with van der Waals surface area (Å²) in [5.41, 5.74) is 3.45. The molecule has 0 radical (unpaired) electrons. The number of aryl methyl sites for hydroxylation is 1. The normalized spacial score (nSPS) is 14.3. The Morgan fingerprint density at radius 1 is 1.12 bits per heavy atom. The van der Waals surface area contributed by atoms with Crippen LogP contribution in [0.2, 0.25) is 0 Å². The van der Waals surface area contributed by atoms with E-state index in [9.17, 15) is 0 Å². The molecule has 1 aliphatic carbocycles. The van der Waals surface area contributed by atoms with Gasteiger partial charge < -0.3 is 15.0 Å². The highest BCUT2D eigenvalue weighted by molar-refractivity contribution is 7.80. The van der Waals surface area contributed by atoms with Crippen LogP contribution < -0.4 is 10.1 Å². The second-order valence-corrected chi connectivity index (χ2v) is 7.01. The van der Waals surface area contributed by atoms with Gasteiger partial charge in [-0.25, -0.2) is 0 Å². The average molecular weight is 355 g/mol. The van der Waals surface area contributed by atoms with Gasteiger partial charge in [0.15, 0.2) is 5.11 Å². The van der Waals surface area contributed by atoms with E-state index in [2.05, 4.69) is 41.4 Å². The summed E-state index contributed by atoms with van der Waals surface area (Å²) in [6.07, 6.45) is 4.95. The standard InChI is InChI=1S/C21H26N2OS/c1-16-9-3-7-13-19(16)22-21(25)23(18-11-5-6-12-18)15-17-10-4-8-14-20(17)24-2/h3-4,7-10,13-14,18H,5-6,11-12,15H2,1-2H3,(H,22,25). The number of para-hydroxylation sites is 2. The second-order valence-electron chi connectivity index (χ2n) is 6.62. The van der Waals surface area contributed by atoms with Crippen molar-refractivity contribution >= 4 is 23.0 Å². The maximum atomic E-state index is 5.81. The van der Waals surface area contributed by atoms with E-state index in [1.54, 1.807) is 7.11 Å². The van der Waals surface area contributed by atoms with Crippen LogP contribution in [0.3, 0.4) is 0 Å². The Kier molecular flexibility index (Phi) is 5.92. The predicted molar refractivity (Wildman–Crippen MR) is 108 cm³/mol. The molecule has 0 atom stereocenters. The number of nitrogens with one attached hydrogen (secondary N) is 1. The molecule has 0 spiro atoms. The molecule has 2 aromatic rings. The van der Waals surface area contributed by atoms with Crippen LogP contribution in [0.25, 0.3) is 0 Å². The van der Waals surface area contributed by atoms with Gasteiger partial charge in [-0.3, -0.25) is 0 Å². The minimum Gasteiger partial charge on any atom is -0.496 e. The number of rotatable bonds is 5. The summed E-state index contributed by atoms with van der Waals surface area (Å²) in [6.45, 7) is 2.87. The average Bonchev–Trinajstić information content (AvgIpc) is 3.16. The van der Waals surface area contributed by atoms with Gasteiger partial charge in [-0.15, -0.1) is 0 Å². The Morgan fingerprint density at radius 2 is 1.80 bits per heavy atom. The molecule has 2 aromatic carbocycles. The Labute approximate surface area is 156 Å². The lowest BCUT2D eigenvalue weighted by molar-refractivity contribution is 0.305. The molecule has 3 nitrogen and oxygen atoms in total. The van der Waals surface area contributed by atoms with E-state index >= 15 is 0 Å². The minimum absolute atomic E-state index is 0.494. The Hall–Kier alpha value is -2.07. The molecule has 3 rings (SSSR count). The molecule has 0 heterocycles. The number of nitrogens with zero attached hydrogens (tertiary/aromatic N) is 1. The summed E-state index contributed by atoms with van der Waals surface area (Å²) >= 11 is 5.81. The first kappa shape index (κ1) is 17.7. The SMILES string of the molecule is COc1ccccc1CN(C(=S)Nc1ccccc1C)C1CCCC1. The molecule has 0 amide bonds. The van der Waals surface area contributed by atoms with Gasteiger partial charge in [0.2, 0.25) is 0 Å². The lowest BCUT2D eigenvalue weighted by atomic mass is 10.1. The summed E-state index contributed by atoms with van der Waals surface area (Å²) in [6, 6.07) is 17.0. The Bertz CT molecular complexity index is 725.